The van der Waals surface area contributed by atoms with Gasteiger partial charge in [0.05, 0.1) is 6.10 Å². The molecule has 1 heterocycles. The van der Waals surface area contributed by atoms with Gasteiger partial charge in [0.25, 0.3) is 0 Å². The molecule has 0 amide bonds. The number of phenolic OH excluding ortho intramolecular Hbond substituents is 1. The van der Waals surface area contributed by atoms with E-state index in [1.54, 1.807) is 6.92 Å². The van der Waals surface area contributed by atoms with E-state index in [4.69, 9.17) is 14.6 Å². The van der Waals surface area contributed by atoms with E-state index in [1.165, 1.54) is 24.3 Å². The average molecular weight is 256 g/mol. The van der Waals surface area contributed by atoms with Gasteiger partial charge < -0.3 is 29.9 Å². The molecule has 6 heteroatoms. The van der Waals surface area contributed by atoms with Crippen molar-refractivity contribution in [1.82, 2.24) is 0 Å². The summed E-state index contributed by atoms with van der Waals surface area (Å²) in [4.78, 5) is 0. The zero-order valence-electron chi connectivity index (χ0n) is 9.80. The van der Waals surface area contributed by atoms with E-state index in [-0.39, 0.29) is 5.75 Å². The van der Waals surface area contributed by atoms with Crippen LogP contribution in [0, 0.1) is 0 Å². The predicted octanol–water partition coefficient (Wildman–Crippen LogP) is -0.402. The first kappa shape index (κ1) is 13.1. The third-order valence-corrected chi connectivity index (χ3v) is 2.90. The Morgan fingerprint density at radius 1 is 1.00 bits per heavy atom. The van der Waals surface area contributed by atoms with E-state index in [0.29, 0.717) is 5.75 Å². The van der Waals surface area contributed by atoms with Gasteiger partial charge in [-0.1, -0.05) is 0 Å². The number of ether oxygens (including phenoxy) is 2. The van der Waals surface area contributed by atoms with Crippen LogP contribution in [0.4, 0.5) is 0 Å². The van der Waals surface area contributed by atoms with Gasteiger partial charge in [-0.15, -0.1) is 0 Å². The molecule has 0 radical (unpaired) electrons. The SMILES string of the molecule is C[C@@H]1O[C@@H](Oc2ccc(O)cc2)[C@H](O)[C@H](O)[C@H]1O. The minimum atomic E-state index is -1.34. The molecule has 0 bridgehead atoms. The Labute approximate surface area is 104 Å². The summed E-state index contributed by atoms with van der Waals surface area (Å²) in [5.74, 6) is 0.476. The molecule has 100 valence electrons. The molecule has 1 aliphatic heterocycles. The first-order valence-electron chi connectivity index (χ1n) is 5.64. The van der Waals surface area contributed by atoms with E-state index in [2.05, 4.69) is 0 Å². The summed E-state index contributed by atoms with van der Waals surface area (Å²) < 4.78 is 10.6. The molecule has 0 saturated carbocycles. The summed E-state index contributed by atoms with van der Waals surface area (Å²) in [6.07, 6.45) is -5.53. The molecule has 0 aliphatic carbocycles. The highest BCUT2D eigenvalue weighted by molar-refractivity contribution is 5.30. The van der Waals surface area contributed by atoms with Crippen LogP contribution < -0.4 is 4.74 Å². The van der Waals surface area contributed by atoms with Crippen LogP contribution >= 0.6 is 0 Å². The maximum atomic E-state index is 9.73. The molecule has 4 N–H and O–H groups in total. The predicted molar refractivity (Wildman–Crippen MR) is 61.1 cm³/mol. The first-order valence-corrected chi connectivity index (χ1v) is 5.64. The molecule has 1 aromatic rings. The molecule has 1 saturated heterocycles. The molecule has 0 aromatic heterocycles. The zero-order valence-corrected chi connectivity index (χ0v) is 9.80. The van der Waals surface area contributed by atoms with Crippen LogP contribution in [0.2, 0.25) is 0 Å². The number of hydrogen-bond acceptors (Lipinski definition) is 6. The van der Waals surface area contributed by atoms with Gasteiger partial charge in [0.15, 0.2) is 0 Å². The molecule has 1 aromatic carbocycles. The van der Waals surface area contributed by atoms with E-state index < -0.39 is 30.7 Å². The maximum absolute atomic E-state index is 9.73. The first-order chi connectivity index (χ1) is 8.49. The van der Waals surface area contributed by atoms with Crippen molar-refractivity contribution in [2.45, 2.75) is 37.6 Å². The number of benzene rings is 1. The normalized spacial score (nSPS) is 36.3. The van der Waals surface area contributed by atoms with Crippen LogP contribution in [0.5, 0.6) is 11.5 Å². The van der Waals surface area contributed by atoms with Gasteiger partial charge in [-0.05, 0) is 31.2 Å². The van der Waals surface area contributed by atoms with Gasteiger partial charge in [-0.25, -0.2) is 0 Å². The van der Waals surface area contributed by atoms with Gasteiger partial charge in [0.2, 0.25) is 6.29 Å². The highest BCUT2D eigenvalue weighted by Gasteiger charge is 2.43. The Kier molecular flexibility index (Phi) is 3.72. The summed E-state index contributed by atoms with van der Waals surface area (Å²) in [5, 5.41) is 38.0. The van der Waals surface area contributed by atoms with Crippen molar-refractivity contribution in [3.8, 4) is 11.5 Å². The van der Waals surface area contributed by atoms with Gasteiger partial charge in [0, 0.05) is 0 Å². The number of aromatic hydroxyl groups is 1. The standard InChI is InChI=1S/C12H16O6/c1-6-9(14)10(15)11(16)12(17-6)18-8-4-2-7(13)3-5-8/h2-6,9-16H,1H3/t6-,9-,10+,11+,12-/m0/s1. The minimum absolute atomic E-state index is 0.0938. The molecular weight excluding hydrogens is 240 g/mol. The lowest BCUT2D eigenvalue weighted by Gasteiger charge is -2.38. The Morgan fingerprint density at radius 2 is 1.61 bits per heavy atom. The van der Waals surface area contributed by atoms with Crippen LogP contribution in [-0.4, -0.2) is 51.1 Å². The fourth-order valence-corrected chi connectivity index (χ4v) is 1.77. The lowest BCUT2D eigenvalue weighted by atomic mass is 10.00. The smallest absolute Gasteiger partial charge is 0.229 e. The number of hydrogen-bond donors (Lipinski definition) is 4. The summed E-state index contributed by atoms with van der Waals surface area (Å²) in [6, 6.07) is 5.87. The van der Waals surface area contributed by atoms with E-state index in [0.717, 1.165) is 0 Å². The van der Waals surface area contributed by atoms with Crippen molar-refractivity contribution in [3.05, 3.63) is 24.3 Å². The Balaban J connectivity index is 2.06. The van der Waals surface area contributed by atoms with Crippen molar-refractivity contribution in [3.63, 3.8) is 0 Å². The van der Waals surface area contributed by atoms with Crippen LogP contribution in [-0.2, 0) is 4.74 Å². The van der Waals surface area contributed by atoms with Crippen molar-refractivity contribution in [1.29, 1.82) is 0 Å². The van der Waals surface area contributed by atoms with E-state index >= 15 is 0 Å². The molecule has 2 rings (SSSR count). The summed E-state index contributed by atoms with van der Waals surface area (Å²) in [5.41, 5.74) is 0. The second-order valence-corrected chi connectivity index (χ2v) is 4.29. The molecule has 6 nitrogen and oxygen atoms in total. The van der Waals surface area contributed by atoms with Crippen LogP contribution in [0.25, 0.3) is 0 Å². The lowest BCUT2D eigenvalue weighted by Crippen LogP contribution is -2.58. The minimum Gasteiger partial charge on any atom is -0.508 e. The number of phenols is 1. The Morgan fingerprint density at radius 3 is 2.22 bits per heavy atom. The van der Waals surface area contributed by atoms with Crippen LogP contribution in [0.15, 0.2) is 24.3 Å². The maximum Gasteiger partial charge on any atom is 0.229 e. The molecule has 1 fully saturated rings. The third-order valence-electron chi connectivity index (χ3n) is 2.90. The van der Waals surface area contributed by atoms with E-state index in [1.807, 2.05) is 0 Å². The topological polar surface area (TPSA) is 99.4 Å². The van der Waals surface area contributed by atoms with E-state index in [9.17, 15) is 15.3 Å². The second-order valence-electron chi connectivity index (χ2n) is 4.29. The highest BCUT2D eigenvalue weighted by atomic mass is 16.7. The quantitative estimate of drug-likeness (QED) is 0.574. The van der Waals surface area contributed by atoms with Gasteiger partial charge >= 0.3 is 0 Å². The molecule has 1 aliphatic rings. The van der Waals surface area contributed by atoms with Crippen molar-refractivity contribution in [2.75, 3.05) is 0 Å². The lowest BCUT2D eigenvalue weighted by molar-refractivity contribution is -0.268. The molecular formula is C12H16O6. The summed E-state index contributed by atoms with van der Waals surface area (Å²) in [6.45, 7) is 1.58. The molecule has 5 atom stereocenters. The molecule has 18 heavy (non-hydrogen) atoms. The van der Waals surface area contributed by atoms with Crippen molar-refractivity contribution >= 4 is 0 Å². The molecule has 0 unspecified atom stereocenters. The van der Waals surface area contributed by atoms with Gasteiger partial charge in [-0.3, -0.25) is 0 Å². The average Bonchev–Trinajstić information content (AvgIpc) is 2.36. The number of aliphatic hydroxyl groups excluding tert-OH is 3. The van der Waals surface area contributed by atoms with Gasteiger partial charge in [-0.2, -0.15) is 0 Å². The van der Waals surface area contributed by atoms with Crippen molar-refractivity contribution < 1.29 is 29.9 Å². The largest absolute Gasteiger partial charge is 0.508 e. The fraction of sp³-hybridized carbons (Fsp3) is 0.500. The van der Waals surface area contributed by atoms with Crippen LogP contribution in [0.3, 0.4) is 0 Å². The zero-order chi connectivity index (χ0) is 13.3. The highest BCUT2D eigenvalue weighted by Crippen LogP contribution is 2.25. The Bertz CT molecular complexity index is 392. The number of aliphatic hydroxyl groups is 3. The van der Waals surface area contributed by atoms with Crippen molar-refractivity contribution in [2.24, 2.45) is 0 Å². The number of rotatable bonds is 2. The summed E-state index contributed by atoms with van der Waals surface area (Å²) in [7, 11) is 0. The monoisotopic (exact) mass is 256 g/mol. The molecule has 0 spiro atoms. The summed E-state index contributed by atoms with van der Waals surface area (Å²) >= 11 is 0. The van der Waals surface area contributed by atoms with Gasteiger partial charge in [0.1, 0.15) is 29.8 Å². The Hall–Kier alpha value is -1.34. The van der Waals surface area contributed by atoms with Crippen LogP contribution in [0.1, 0.15) is 6.92 Å². The third kappa shape index (κ3) is 2.56. The second kappa shape index (κ2) is 5.11. The fourth-order valence-electron chi connectivity index (χ4n) is 1.77.